The van der Waals surface area contributed by atoms with E-state index in [0.29, 0.717) is 18.1 Å². The smallest absolute Gasteiger partial charge is 0.240 e. The van der Waals surface area contributed by atoms with Gasteiger partial charge in [0.15, 0.2) is 0 Å². The van der Waals surface area contributed by atoms with E-state index in [9.17, 15) is 18.0 Å². The van der Waals surface area contributed by atoms with Crippen LogP contribution in [-0.2, 0) is 19.6 Å². The molecular formula is C17H24ClN3O4S. The summed E-state index contributed by atoms with van der Waals surface area (Å²) in [6, 6.07) is 5.90. The fraction of sp³-hybridized carbons (Fsp3) is 0.529. The predicted molar refractivity (Wildman–Crippen MR) is 99.2 cm³/mol. The van der Waals surface area contributed by atoms with Gasteiger partial charge in [-0.25, -0.2) is 13.1 Å². The predicted octanol–water partition coefficient (Wildman–Crippen LogP) is 1.43. The maximum absolute atomic E-state index is 12.1. The number of amides is 2. The number of hydrogen-bond acceptors (Lipinski definition) is 4. The Morgan fingerprint density at radius 2 is 1.77 bits per heavy atom. The molecule has 0 bridgehead atoms. The van der Waals surface area contributed by atoms with Gasteiger partial charge in [0.1, 0.15) is 0 Å². The molecule has 2 amide bonds. The third-order valence-corrected chi connectivity index (χ3v) is 5.92. The Morgan fingerprint density at radius 1 is 1.08 bits per heavy atom. The van der Waals surface area contributed by atoms with E-state index in [-0.39, 0.29) is 35.6 Å². The highest BCUT2D eigenvalue weighted by Crippen LogP contribution is 2.24. The van der Waals surface area contributed by atoms with Gasteiger partial charge >= 0.3 is 0 Å². The van der Waals surface area contributed by atoms with Crippen molar-refractivity contribution in [3.63, 3.8) is 0 Å². The van der Waals surface area contributed by atoms with Gasteiger partial charge in [-0.2, -0.15) is 0 Å². The largest absolute Gasteiger partial charge is 0.354 e. The third kappa shape index (κ3) is 6.59. The first-order valence-electron chi connectivity index (χ1n) is 8.68. The van der Waals surface area contributed by atoms with Crippen molar-refractivity contribution in [2.75, 3.05) is 19.6 Å². The maximum atomic E-state index is 12.1. The molecule has 1 saturated carbocycles. The number of benzene rings is 1. The van der Waals surface area contributed by atoms with Crippen molar-refractivity contribution in [2.45, 2.75) is 37.0 Å². The van der Waals surface area contributed by atoms with Crippen molar-refractivity contribution in [1.82, 2.24) is 15.4 Å². The summed E-state index contributed by atoms with van der Waals surface area (Å²) in [4.78, 5) is 23.6. The van der Waals surface area contributed by atoms with Crippen molar-refractivity contribution < 1.29 is 18.0 Å². The number of halogens is 1. The normalized spacial score (nSPS) is 15.0. The minimum absolute atomic E-state index is 0.0103. The van der Waals surface area contributed by atoms with E-state index in [1.54, 1.807) is 12.1 Å². The summed E-state index contributed by atoms with van der Waals surface area (Å²) in [5.74, 6) is -0.133. The molecule has 3 N–H and O–H groups in total. The van der Waals surface area contributed by atoms with Crippen LogP contribution in [-0.4, -0.2) is 39.9 Å². The average molecular weight is 402 g/mol. The highest BCUT2D eigenvalue weighted by Gasteiger charge is 2.22. The van der Waals surface area contributed by atoms with E-state index in [1.165, 1.54) is 12.1 Å². The first kappa shape index (κ1) is 20.7. The standard InChI is InChI=1S/C17H24ClN3O4S/c18-14-6-3-7-15(12-14)26(24,25)21-9-8-16(22)19-10-11-20-17(23)13-4-1-2-5-13/h3,6-7,12-13,21H,1-2,4-5,8-11H2,(H,19,22)(H,20,23). The zero-order valence-electron chi connectivity index (χ0n) is 14.5. The first-order valence-corrected chi connectivity index (χ1v) is 10.5. The number of carbonyl (C=O) groups excluding carboxylic acids is 2. The van der Waals surface area contributed by atoms with Gasteiger partial charge in [0.05, 0.1) is 4.90 Å². The number of rotatable bonds is 9. The summed E-state index contributed by atoms with van der Waals surface area (Å²) >= 11 is 5.78. The van der Waals surface area contributed by atoms with Gasteiger partial charge in [-0.05, 0) is 31.0 Å². The van der Waals surface area contributed by atoms with E-state index >= 15 is 0 Å². The second kappa shape index (κ2) is 9.89. The Morgan fingerprint density at radius 3 is 2.46 bits per heavy atom. The molecule has 0 aromatic heterocycles. The summed E-state index contributed by atoms with van der Waals surface area (Å²) in [5, 5.41) is 5.79. The summed E-state index contributed by atoms with van der Waals surface area (Å²) < 4.78 is 26.5. The molecule has 0 aliphatic heterocycles. The van der Waals surface area contributed by atoms with Crippen LogP contribution < -0.4 is 15.4 Å². The van der Waals surface area contributed by atoms with Gasteiger partial charge in [0, 0.05) is 37.0 Å². The fourth-order valence-electron chi connectivity index (χ4n) is 2.82. The van der Waals surface area contributed by atoms with Gasteiger partial charge in [-0.15, -0.1) is 0 Å². The molecule has 144 valence electrons. The van der Waals surface area contributed by atoms with E-state index in [1.807, 2.05) is 0 Å². The molecule has 1 aliphatic carbocycles. The molecule has 0 spiro atoms. The molecule has 2 rings (SSSR count). The minimum Gasteiger partial charge on any atom is -0.354 e. The van der Waals surface area contributed by atoms with Gasteiger partial charge < -0.3 is 10.6 Å². The second-order valence-electron chi connectivity index (χ2n) is 6.23. The van der Waals surface area contributed by atoms with Crippen LogP contribution in [0, 0.1) is 5.92 Å². The molecular weight excluding hydrogens is 378 g/mol. The van der Waals surface area contributed by atoms with Crippen LogP contribution in [0.3, 0.4) is 0 Å². The van der Waals surface area contributed by atoms with Crippen molar-refractivity contribution in [3.05, 3.63) is 29.3 Å². The molecule has 1 fully saturated rings. The van der Waals surface area contributed by atoms with Crippen molar-refractivity contribution in [3.8, 4) is 0 Å². The molecule has 7 nitrogen and oxygen atoms in total. The quantitative estimate of drug-likeness (QED) is 0.544. The van der Waals surface area contributed by atoms with Crippen LogP contribution in [0.15, 0.2) is 29.2 Å². The molecule has 26 heavy (non-hydrogen) atoms. The lowest BCUT2D eigenvalue weighted by molar-refractivity contribution is -0.125. The lowest BCUT2D eigenvalue weighted by Crippen LogP contribution is -2.38. The molecule has 0 atom stereocenters. The lowest BCUT2D eigenvalue weighted by atomic mass is 10.1. The zero-order chi connectivity index (χ0) is 19.0. The minimum atomic E-state index is -3.70. The Labute approximate surface area is 158 Å². The Bertz CT molecular complexity index is 733. The van der Waals surface area contributed by atoms with Gasteiger partial charge in [-0.1, -0.05) is 30.5 Å². The Hall–Kier alpha value is -1.64. The van der Waals surface area contributed by atoms with Crippen LogP contribution in [0.4, 0.5) is 0 Å². The van der Waals surface area contributed by atoms with Crippen molar-refractivity contribution in [1.29, 1.82) is 0 Å². The lowest BCUT2D eigenvalue weighted by Gasteiger charge is -2.11. The molecule has 0 unspecified atom stereocenters. The second-order valence-corrected chi connectivity index (χ2v) is 8.43. The Balaban J connectivity index is 1.62. The van der Waals surface area contributed by atoms with Crippen LogP contribution in [0.2, 0.25) is 5.02 Å². The van der Waals surface area contributed by atoms with Crippen molar-refractivity contribution >= 4 is 33.4 Å². The SMILES string of the molecule is O=C(CCNS(=O)(=O)c1cccc(Cl)c1)NCCNC(=O)C1CCCC1. The van der Waals surface area contributed by atoms with Gasteiger partial charge in [0.2, 0.25) is 21.8 Å². The van der Waals surface area contributed by atoms with E-state index in [0.717, 1.165) is 25.7 Å². The molecule has 1 aliphatic rings. The number of nitrogens with one attached hydrogen (secondary N) is 3. The topological polar surface area (TPSA) is 104 Å². The summed E-state index contributed by atoms with van der Waals surface area (Å²) in [5.41, 5.74) is 0. The van der Waals surface area contributed by atoms with Gasteiger partial charge in [-0.3, -0.25) is 9.59 Å². The highest BCUT2D eigenvalue weighted by atomic mass is 35.5. The van der Waals surface area contributed by atoms with Crippen LogP contribution in [0.1, 0.15) is 32.1 Å². The summed E-state index contributed by atoms with van der Waals surface area (Å²) in [6.07, 6.45) is 4.08. The van der Waals surface area contributed by atoms with Crippen LogP contribution >= 0.6 is 11.6 Å². The van der Waals surface area contributed by atoms with E-state index in [2.05, 4.69) is 15.4 Å². The maximum Gasteiger partial charge on any atom is 0.240 e. The summed E-state index contributed by atoms with van der Waals surface area (Å²) in [7, 11) is -3.70. The molecule has 0 radical (unpaired) electrons. The summed E-state index contributed by atoms with van der Waals surface area (Å²) in [6.45, 7) is 0.669. The van der Waals surface area contributed by atoms with E-state index < -0.39 is 10.0 Å². The molecule has 1 aromatic carbocycles. The number of sulfonamides is 1. The number of hydrogen-bond donors (Lipinski definition) is 3. The first-order chi connectivity index (χ1) is 12.4. The molecule has 0 saturated heterocycles. The fourth-order valence-corrected chi connectivity index (χ4v) is 4.16. The third-order valence-electron chi connectivity index (χ3n) is 4.22. The van der Waals surface area contributed by atoms with Crippen LogP contribution in [0.25, 0.3) is 0 Å². The van der Waals surface area contributed by atoms with Crippen LogP contribution in [0.5, 0.6) is 0 Å². The van der Waals surface area contributed by atoms with Crippen molar-refractivity contribution in [2.24, 2.45) is 5.92 Å². The molecule has 1 aromatic rings. The average Bonchev–Trinajstić information content (AvgIpc) is 3.13. The highest BCUT2D eigenvalue weighted by molar-refractivity contribution is 7.89. The molecule has 0 heterocycles. The zero-order valence-corrected chi connectivity index (χ0v) is 16.0. The molecule has 9 heteroatoms. The number of carbonyl (C=O) groups is 2. The monoisotopic (exact) mass is 401 g/mol. The van der Waals surface area contributed by atoms with E-state index in [4.69, 9.17) is 11.6 Å². The Kier molecular flexibility index (Phi) is 7.86. The van der Waals surface area contributed by atoms with Gasteiger partial charge in [0.25, 0.3) is 0 Å².